The standard InChI is InChI=1S/C16H12Cl2N2O3/c17-12-4-1-3-11(9-12)6-7-15(22)23-10-14(21)20-13-5-2-8-19-16(13)18/h1-9H,10H2,(H,20,21). The van der Waals surface area contributed by atoms with E-state index in [1.807, 2.05) is 0 Å². The highest BCUT2D eigenvalue weighted by Gasteiger charge is 2.08. The summed E-state index contributed by atoms with van der Waals surface area (Å²) in [4.78, 5) is 27.1. The first-order valence-corrected chi connectivity index (χ1v) is 7.31. The molecule has 0 radical (unpaired) electrons. The van der Waals surface area contributed by atoms with Crippen molar-refractivity contribution in [2.75, 3.05) is 11.9 Å². The Morgan fingerprint density at radius 1 is 1.22 bits per heavy atom. The average molecular weight is 351 g/mol. The first kappa shape index (κ1) is 17.0. The fourth-order valence-corrected chi connectivity index (χ4v) is 1.99. The predicted octanol–water partition coefficient (Wildman–Crippen LogP) is 3.58. The summed E-state index contributed by atoms with van der Waals surface area (Å²) >= 11 is 11.6. The molecule has 23 heavy (non-hydrogen) atoms. The monoisotopic (exact) mass is 350 g/mol. The molecule has 0 saturated carbocycles. The number of ether oxygens (including phenoxy) is 1. The van der Waals surface area contributed by atoms with Crippen LogP contribution in [0.1, 0.15) is 5.56 Å². The zero-order chi connectivity index (χ0) is 16.7. The molecule has 1 aromatic heterocycles. The van der Waals surface area contributed by atoms with E-state index in [9.17, 15) is 9.59 Å². The number of benzene rings is 1. The third-order valence-corrected chi connectivity index (χ3v) is 3.18. The highest BCUT2D eigenvalue weighted by Crippen LogP contribution is 2.17. The molecule has 7 heteroatoms. The molecule has 0 aliphatic heterocycles. The van der Waals surface area contributed by atoms with Crippen LogP contribution in [0, 0.1) is 0 Å². The number of aromatic nitrogens is 1. The van der Waals surface area contributed by atoms with E-state index in [4.69, 9.17) is 27.9 Å². The van der Waals surface area contributed by atoms with Gasteiger partial charge in [0.15, 0.2) is 11.8 Å². The number of anilines is 1. The number of halogens is 2. The van der Waals surface area contributed by atoms with Crippen LogP contribution in [0.15, 0.2) is 48.7 Å². The Hall–Kier alpha value is -2.37. The van der Waals surface area contributed by atoms with Gasteiger partial charge in [0.05, 0.1) is 5.69 Å². The topological polar surface area (TPSA) is 68.3 Å². The molecule has 118 valence electrons. The molecule has 0 fully saturated rings. The number of hydrogen-bond donors (Lipinski definition) is 1. The van der Waals surface area contributed by atoms with Crippen molar-refractivity contribution in [2.45, 2.75) is 0 Å². The Morgan fingerprint density at radius 2 is 2.04 bits per heavy atom. The van der Waals surface area contributed by atoms with Crippen LogP contribution in [-0.2, 0) is 14.3 Å². The van der Waals surface area contributed by atoms with Gasteiger partial charge < -0.3 is 10.1 Å². The maximum Gasteiger partial charge on any atom is 0.331 e. The lowest BCUT2D eigenvalue weighted by Crippen LogP contribution is -2.20. The number of nitrogens with zero attached hydrogens (tertiary/aromatic N) is 1. The Bertz CT molecular complexity index is 748. The van der Waals surface area contributed by atoms with Crippen LogP contribution in [0.5, 0.6) is 0 Å². The first-order valence-electron chi connectivity index (χ1n) is 6.55. The van der Waals surface area contributed by atoms with E-state index in [1.165, 1.54) is 12.3 Å². The van der Waals surface area contributed by atoms with Gasteiger partial charge in [-0.15, -0.1) is 0 Å². The summed E-state index contributed by atoms with van der Waals surface area (Å²) in [5.74, 6) is -1.15. The minimum absolute atomic E-state index is 0.160. The van der Waals surface area contributed by atoms with Crippen LogP contribution in [0.3, 0.4) is 0 Å². The summed E-state index contributed by atoms with van der Waals surface area (Å²) in [5.41, 5.74) is 1.10. The quantitative estimate of drug-likeness (QED) is 0.508. The minimum Gasteiger partial charge on any atom is -0.452 e. The fraction of sp³-hybridized carbons (Fsp3) is 0.0625. The van der Waals surface area contributed by atoms with Gasteiger partial charge >= 0.3 is 5.97 Å². The second-order valence-corrected chi connectivity index (χ2v) is 5.18. The van der Waals surface area contributed by atoms with E-state index >= 15 is 0 Å². The Labute approximate surface area is 142 Å². The number of nitrogens with one attached hydrogen (secondary N) is 1. The van der Waals surface area contributed by atoms with Gasteiger partial charge in [-0.05, 0) is 35.9 Å². The van der Waals surface area contributed by atoms with Crippen LogP contribution < -0.4 is 5.32 Å². The molecule has 0 spiro atoms. The highest BCUT2D eigenvalue weighted by atomic mass is 35.5. The first-order chi connectivity index (χ1) is 11.0. The van der Waals surface area contributed by atoms with Crippen LogP contribution >= 0.6 is 23.2 Å². The second kappa shape index (κ2) is 8.31. The number of amides is 1. The number of rotatable bonds is 5. The van der Waals surface area contributed by atoms with E-state index in [-0.39, 0.29) is 5.15 Å². The molecular weight excluding hydrogens is 339 g/mol. The van der Waals surface area contributed by atoms with Gasteiger partial charge in [-0.3, -0.25) is 4.79 Å². The molecule has 1 N–H and O–H groups in total. The van der Waals surface area contributed by atoms with Gasteiger partial charge in [-0.25, -0.2) is 9.78 Å². The summed E-state index contributed by atoms with van der Waals surface area (Å²) < 4.78 is 4.83. The molecule has 1 aromatic carbocycles. The zero-order valence-corrected chi connectivity index (χ0v) is 13.3. The molecule has 1 heterocycles. The SMILES string of the molecule is O=C(COC(=O)C=Cc1cccc(Cl)c1)Nc1cccnc1Cl. The van der Waals surface area contributed by atoms with Crippen molar-refractivity contribution in [1.82, 2.24) is 4.98 Å². The number of carbonyl (C=O) groups is 2. The van der Waals surface area contributed by atoms with Crippen molar-refractivity contribution in [3.63, 3.8) is 0 Å². The maximum absolute atomic E-state index is 11.7. The number of pyridine rings is 1. The summed E-state index contributed by atoms with van der Waals surface area (Å²) in [6.07, 6.45) is 4.26. The predicted molar refractivity (Wildman–Crippen MR) is 89.3 cm³/mol. The zero-order valence-electron chi connectivity index (χ0n) is 11.8. The lowest BCUT2D eigenvalue weighted by Gasteiger charge is -2.06. The van der Waals surface area contributed by atoms with Gasteiger partial charge in [-0.1, -0.05) is 35.3 Å². The van der Waals surface area contributed by atoms with Crippen molar-refractivity contribution in [3.05, 3.63) is 64.4 Å². The highest BCUT2D eigenvalue weighted by molar-refractivity contribution is 6.32. The molecule has 1 amide bonds. The van der Waals surface area contributed by atoms with Gasteiger partial charge in [0, 0.05) is 17.3 Å². The minimum atomic E-state index is -0.641. The van der Waals surface area contributed by atoms with Gasteiger partial charge in [0.2, 0.25) is 0 Å². The Balaban J connectivity index is 1.82. The number of carbonyl (C=O) groups excluding carboxylic acids is 2. The van der Waals surface area contributed by atoms with E-state index < -0.39 is 18.5 Å². The maximum atomic E-state index is 11.7. The number of hydrogen-bond acceptors (Lipinski definition) is 4. The molecule has 0 atom stereocenters. The summed E-state index contributed by atoms with van der Waals surface area (Å²) in [5, 5.41) is 3.22. The van der Waals surface area contributed by atoms with E-state index in [0.717, 1.165) is 5.56 Å². The smallest absolute Gasteiger partial charge is 0.331 e. The summed E-state index contributed by atoms with van der Waals surface area (Å²) in [6, 6.07) is 10.2. The molecule has 5 nitrogen and oxygen atoms in total. The third-order valence-electron chi connectivity index (χ3n) is 2.64. The van der Waals surface area contributed by atoms with E-state index in [0.29, 0.717) is 10.7 Å². The van der Waals surface area contributed by atoms with Gasteiger partial charge in [0.25, 0.3) is 5.91 Å². The molecule has 2 rings (SSSR count). The lowest BCUT2D eigenvalue weighted by molar-refractivity contribution is -0.142. The van der Waals surface area contributed by atoms with Gasteiger partial charge in [0.1, 0.15) is 0 Å². The van der Waals surface area contributed by atoms with E-state index in [1.54, 1.807) is 42.5 Å². The van der Waals surface area contributed by atoms with Crippen molar-refractivity contribution >= 4 is 46.8 Å². The summed E-state index contributed by atoms with van der Waals surface area (Å²) in [7, 11) is 0. The fourth-order valence-electron chi connectivity index (χ4n) is 1.62. The molecule has 0 bridgehead atoms. The Morgan fingerprint density at radius 3 is 2.78 bits per heavy atom. The molecule has 0 unspecified atom stereocenters. The van der Waals surface area contributed by atoms with Crippen molar-refractivity contribution in [2.24, 2.45) is 0 Å². The average Bonchev–Trinajstić information content (AvgIpc) is 2.53. The lowest BCUT2D eigenvalue weighted by atomic mass is 10.2. The largest absolute Gasteiger partial charge is 0.452 e. The van der Waals surface area contributed by atoms with Gasteiger partial charge in [-0.2, -0.15) is 0 Å². The summed E-state index contributed by atoms with van der Waals surface area (Å²) in [6.45, 7) is -0.427. The van der Waals surface area contributed by atoms with Crippen LogP contribution in [0.25, 0.3) is 6.08 Å². The third kappa shape index (κ3) is 5.73. The normalized spacial score (nSPS) is 10.5. The molecule has 0 aliphatic rings. The molecule has 2 aromatic rings. The Kier molecular flexibility index (Phi) is 6.14. The molecule has 0 aliphatic carbocycles. The van der Waals surface area contributed by atoms with Crippen molar-refractivity contribution in [1.29, 1.82) is 0 Å². The number of esters is 1. The second-order valence-electron chi connectivity index (χ2n) is 4.39. The van der Waals surface area contributed by atoms with Crippen LogP contribution in [0.2, 0.25) is 10.2 Å². The van der Waals surface area contributed by atoms with Crippen LogP contribution in [-0.4, -0.2) is 23.5 Å². The molecular formula is C16H12Cl2N2O3. The van der Waals surface area contributed by atoms with Crippen molar-refractivity contribution < 1.29 is 14.3 Å². The molecule has 0 saturated heterocycles. The van der Waals surface area contributed by atoms with Crippen molar-refractivity contribution in [3.8, 4) is 0 Å². The van der Waals surface area contributed by atoms with E-state index in [2.05, 4.69) is 10.3 Å². The van der Waals surface area contributed by atoms with Crippen LogP contribution in [0.4, 0.5) is 5.69 Å².